The Balaban J connectivity index is 0.000000403. The molecule has 0 radical (unpaired) electrons. The zero-order valence-electron chi connectivity index (χ0n) is 14.7. The van der Waals surface area contributed by atoms with Gasteiger partial charge in [0.1, 0.15) is 0 Å². The second-order valence-corrected chi connectivity index (χ2v) is 5.21. The van der Waals surface area contributed by atoms with Gasteiger partial charge in [0.25, 0.3) is 0 Å². The van der Waals surface area contributed by atoms with E-state index in [9.17, 15) is 0 Å². The molecular weight excluding hydrogens is 331 g/mol. The van der Waals surface area contributed by atoms with Crippen molar-refractivity contribution in [2.75, 3.05) is 52.1 Å². The molecule has 2 aromatic carbocycles. The number of hydrogen-bond acceptors (Lipinski definition) is 2. The summed E-state index contributed by atoms with van der Waals surface area (Å²) in [7, 11) is 11.7. The van der Waals surface area contributed by atoms with Crippen LogP contribution in [0.3, 0.4) is 0 Å². The summed E-state index contributed by atoms with van der Waals surface area (Å²) in [5.74, 6) is 0. The van der Waals surface area contributed by atoms with Gasteiger partial charge in [0.15, 0.2) is 0 Å². The van der Waals surface area contributed by atoms with Crippen LogP contribution in [-0.2, 0) is 16.5 Å². The van der Waals surface area contributed by atoms with Gasteiger partial charge in [-0.15, -0.1) is 25.5 Å². The number of hydrogen-bond donors (Lipinski definition) is 0. The van der Waals surface area contributed by atoms with Crippen molar-refractivity contribution in [1.82, 2.24) is 0 Å². The van der Waals surface area contributed by atoms with E-state index >= 15 is 0 Å². The average Bonchev–Trinajstić information content (AvgIpc) is 2.55. The van der Waals surface area contributed by atoms with Gasteiger partial charge in [-0.3, -0.25) is 0 Å². The molecule has 4 nitrogen and oxygen atoms in total. The molecule has 23 heavy (non-hydrogen) atoms. The maximum atomic E-state index is 4.15. The fourth-order valence-corrected chi connectivity index (χ4v) is 2.06. The van der Waals surface area contributed by atoms with Gasteiger partial charge < -0.3 is 20.4 Å². The topological polar surface area (TPSA) is 34.7 Å². The third-order valence-corrected chi connectivity index (χ3v) is 3.21. The van der Waals surface area contributed by atoms with Crippen molar-refractivity contribution in [3.05, 3.63) is 59.2 Å². The molecule has 0 aliphatic rings. The Hall–Kier alpha value is -1.87. The number of nitrogens with zero attached hydrogens (tertiary/aromatic N) is 4. The van der Waals surface area contributed by atoms with Gasteiger partial charge in [-0.05, 0) is 12.1 Å². The normalized spacial score (nSPS) is 8.96. The first kappa shape index (κ1) is 21.1. The zero-order valence-corrected chi connectivity index (χ0v) is 15.7. The molecule has 2 rings (SSSR count). The van der Waals surface area contributed by atoms with Crippen molar-refractivity contribution >= 4 is 22.7 Å². The van der Waals surface area contributed by atoms with Crippen LogP contribution in [0.1, 0.15) is 0 Å². The average molecular weight is 357 g/mol. The predicted molar refractivity (Wildman–Crippen MR) is 99.4 cm³/mol. The molecule has 0 bridgehead atoms. The van der Waals surface area contributed by atoms with E-state index in [2.05, 4.69) is 32.6 Å². The van der Waals surface area contributed by atoms with Crippen molar-refractivity contribution in [2.45, 2.75) is 0 Å². The number of rotatable bonds is 4. The largest absolute Gasteiger partial charge is 0.685 e. The molecule has 5 heteroatoms. The first-order valence-corrected chi connectivity index (χ1v) is 7.23. The van der Waals surface area contributed by atoms with Gasteiger partial charge in [-0.1, -0.05) is 36.4 Å². The number of para-hydroxylation sites is 4. The van der Waals surface area contributed by atoms with E-state index in [0.29, 0.717) is 0 Å². The van der Waals surface area contributed by atoms with Crippen LogP contribution >= 0.6 is 0 Å². The summed E-state index contributed by atoms with van der Waals surface area (Å²) in [6, 6.07) is 16.2. The van der Waals surface area contributed by atoms with Gasteiger partial charge in [-0.25, -0.2) is 0 Å². The molecule has 0 saturated carbocycles. The smallest absolute Gasteiger partial charge is 0.0209 e. The first-order valence-electron chi connectivity index (χ1n) is 7.23. The maximum absolute atomic E-state index is 4.15. The Kier molecular flexibility index (Phi) is 9.92. The van der Waals surface area contributed by atoms with Crippen LogP contribution in [0.25, 0.3) is 10.6 Å². The minimum atomic E-state index is 0. The monoisotopic (exact) mass is 356 g/mol. The van der Waals surface area contributed by atoms with E-state index in [-0.39, 0.29) is 16.5 Å². The van der Waals surface area contributed by atoms with E-state index in [1.807, 2.05) is 78.7 Å². The third kappa shape index (κ3) is 6.41. The third-order valence-electron chi connectivity index (χ3n) is 3.21. The molecular formula is C18H26N4Ni-2. The van der Waals surface area contributed by atoms with Crippen LogP contribution in [0.4, 0.5) is 22.7 Å². The number of benzene rings is 2. The van der Waals surface area contributed by atoms with Crippen LogP contribution < -0.4 is 9.80 Å². The Morgan fingerprint density at radius 2 is 0.913 bits per heavy atom. The Bertz CT molecular complexity index is 519. The summed E-state index contributed by atoms with van der Waals surface area (Å²) in [6.07, 6.45) is 0. The van der Waals surface area contributed by atoms with E-state index in [0.717, 1.165) is 22.7 Å². The Labute approximate surface area is 150 Å². The molecule has 0 aromatic heterocycles. The van der Waals surface area contributed by atoms with Crippen molar-refractivity contribution in [3.8, 4) is 0 Å². The molecule has 2 aromatic rings. The van der Waals surface area contributed by atoms with Crippen LogP contribution in [-0.4, -0.2) is 42.3 Å². The summed E-state index contributed by atoms with van der Waals surface area (Å²) in [6.45, 7) is 0. The Morgan fingerprint density at radius 1 is 0.609 bits per heavy atom. The fourth-order valence-electron chi connectivity index (χ4n) is 2.06. The van der Waals surface area contributed by atoms with Crippen molar-refractivity contribution in [1.29, 1.82) is 0 Å². The van der Waals surface area contributed by atoms with Gasteiger partial charge in [-0.2, -0.15) is 0 Å². The van der Waals surface area contributed by atoms with Crippen molar-refractivity contribution in [3.63, 3.8) is 0 Å². The van der Waals surface area contributed by atoms with Gasteiger partial charge in [0.2, 0.25) is 0 Å². The van der Waals surface area contributed by atoms with E-state index in [1.54, 1.807) is 0 Å². The minimum absolute atomic E-state index is 0. The SMILES string of the molecule is C[N-]c1ccccc1N(C)C.C[N-]c1ccccc1N(C)C.[Ni]. The summed E-state index contributed by atoms with van der Waals surface area (Å²) >= 11 is 0. The van der Waals surface area contributed by atoms with Crippen molar-refractivity contribution in [2.24, 2.45) is 0 Å². The molecule has 0 aliphatic heterocycles. The molecule has 0 amide bonds. The fraction of sp³-hybridized carbons (Fsp3) is 0.333. The molecule has 0 heterocycles. The minimum Gasteiger partial charge on any atom is -0.685 e. The molecule has 0 spiro atoms. The van der Waals surface area contributed by atoms with E-state index in [1.165, 1.54) is 0 Å². The second-order valence-electron chi connectivity index (χ2n) is 5.21. The summed E-state index contributed by atoms with van der Waals surface area (Å²) < 4.78 is 0. The maximum Gasteiger partial charge on any atom is 0.0209 e. The van der Waals surface area contributed by atoms with Gasteiger partial charge in [0.05, 0.1) is 0 Å². The molecule has 0 atom stereocenters. The summed E-state index contributed by atoms with van der Waals surface area (Å²) in [4.78, 5) is 4.12. The standard InChI is InChI=1S/2C9H13N2.Ni/c2*1-10-8-6-4-5-7-9(8)11(2)3;/h2*4-7H,1-3H3;/q2*-1;. The quantitative estimate of drug-likeness (QED) is 0.739. The van der Waals surface area contributed by atoms with E-state index in [4.69, 9.17) is 0 Å². The second kappa shape index (κ2) is 10.8. The molecule has 0 aliphatic carbocycles. The molecule has 0 N–H and O–H groups in total. The molecule has 0 saturated heterocycles. The number of anilines is 2. The van der Waals surface area contributed by atoms with Gasteiger partial charge >= 0.3 is 0 Å². The van der Waals surface area contributed by atoms with Crippen LogP contribution in [0.15, 0.2) is 48.5 Å². The van der Waals surface area contributed by atoms with Crippen LogP contribution in [0, 0.1) is 0 Å². The van der Waals surface area contributed by atoms with Crippen molar-refractivity contribution < 1.29 is 16.5 Å². The first-order chi connectivity index (χ1) is 10.5. The molecule has 0 unspecified atom stereocenters. The van der Waals surface area contributed by atoms with Crippen LogP contribution in [0.2, 0.25) is 0 Å². The molecule has 0 fully saturated rings. The molecule has 130 valence electrons. The summed E-state index contributed by atoms with van der Waals surface area (Å²) in [5, 5.41) is 8.30. The zero-order chi connectivity index (χ0) is 16.5. The van der Waals surface area contributed by atoms with Gasteiger partial charge in [0, 0.05) is 56.1 Å². The Morgan fingerprint density at radius 3 is 1.13 bits per heavy atom. The summed E-state index contributed by atoms with van der Waals surface area (Å²) in [5.41, 5.74) is 4.40. The predicted octanol–water partition coefficient (Wildman–Crippen LogP) is 4.77. The van der Waals surface area contributed by atoms with Crippen LogP contribution in [0.5, 0.6) is 0 Å². The van der Waals surface area contributed by atoms with E-state index < -0.39 is 0 Å².